The molecule has 0 fully saturated rings. The molecule has 1 atom stereocenters. The van der Waals surface area contributed by atoms with E-state index < -0.39 is 0 Å². The highest BCUT2D eigenvalue weighted by atomic mass is 16.6. The van der Waals surface area contributed by atoms with Gasteiger partial charge in [0.05, 0.1) is 6.54 Å². The van der Waals surface area contributed by atoms with E-state index in [9.17, 15) is 4.79 Å². The Kier molecular flexibility index (Phi) is 4.07. The van der Waals surface area contributed by atoms with Gasteiger partial charge >= 0.3 is 0 Å². The van der Waals surface area contributed by atoms with E-state index in [1.807, 2.05) is 38.1 Å². The summed E-state index contributed by atoms with van der Waals surface area (Å²) in [5, 5.41) is 2.87. The summed E-state index contributed by atoms with van der Waals surface area (Å²) in [6, 6.07) is 7.56. The maximum Gasteiger partial charge on any atom is 0.220 e. The van der Waals surface area contributed by atoms with Gasteiger partial charge in [-0.3, -0.25) is 4.79 Å². The van der Waals surface area contributed by atoms with Crippen molar-refractivity contribution in [2.75, 3.05) is 13.2 Å². The highest BCUT2D eigenvalue weighted by Crippen LogP contribution is 2.30. The van der Waals surface area contributed by atoms with Crippen LogP contribution in [-0.4, -0.2) is 25.2 Å². The van der Waals surface area contributed by atoms with Crippen LogP contribution < -0.4 is 14.8 Å². The van der Waals surface area contributed by atoms with Gasteiger partial charge in [0.1, 0.15) is 12.7 Å². The van der Waals surface area contributed by atoms with Crippen LogP contribution in [0.2, 0.25) is 0 Å². The third-order valence-corrected chi connectivity index (χ3v) is 2.69. The summed E-state index contributed by atoms with van der Waals surface area (Å²) in [6.45, 7) is 5.00. The second-order valence-corrected chi connectivity index (χ2v) is 4.90. The normalized spacial score (nSPS) is 17.6. The Morgan fingerprint density at radius 1 is 1.39 bits per heavy atom. The van der Waals surface area contributed by atoms with Gasteiger partial charge in [-0.1, -0.05) is 26.0 Å². The van der Waals surface area contributed by atoms with Crippen molar-refractivity contribution in [2.45, 2.75) is 26.4 Å². The third kappa shape index (κ3) is 3.39. The number of carbonyl (C=O) groups excluding carboxylic acids is 1. The van der Waals surface area contributed by atoms with Crippen LogP contribution in [-0.2, 0) is 4.79 Å². The molecule has 0 bridgehead atoms. The summed E-state index contributed by atoms with van der Waals surface area (Å²) in [6.07, 6.45) is 0.431. The molecule has 1 aromatic carbocycles. The summed E-state index contributed by atoms with van der Waals surface area (Å²) in [5.41, 5.74) is 0. The van der Waals surface area contributed by atoms with E-state index in [1.54, 1.807) is 0 Å². The Balaban J connectivity index is 1.81. The van der Waals surface area contributed by atoms with E-state index in [2.05, 4.69) is 5.32 Å². The fraction of sp³-hybridized carbons (Fsp3) is 0.500. The average Bonchev–Trinajstić information content (AvgIpc) is 2.35. The van der Waals surface area contributed by atoms with E-state index in [0.29, 0.717) is 25.5 Å². The molecule has 4 heteroatoms. The monoisotopic (exact) mass is 249 g/mol. The average molecular weight is 249 g/mol. The van der Waals surface area contributed by atoms with E-state index >= 15 is 0 Å². The summed E-state index contributed by atoms with van der Waals surface area (Å²) in [7, 11) is 0. The van der Waals surface area contributed by atoms with Crippen LogP contribution >= 0.6 is 0 Å². The van der Waals surface area contributed by atoms with E-state index in [4.69, 9.17) is 9.47 Å². The SMILES string of the molecule is CC(C)CC(=O)NCC1COc2ccccc2O1. The zero-order valence-electron chi connectivity index (χ0n) is 10.8. The number of carbonyl (C=O) groups is 1. The first-order valence-corrected chi connectivity index (χ1v) is 6.30. The molecule has 0 saturated carbocycles. The molecule has 1 amide bonds. The molecule has 1 aliphatic rings. The molecule has 1 unspecified atom stereocenters. The quantitative estimate of drug-likeness (QED) is 0.887. The van der Waals surface area contributed by atoms with Crippen LogP contribution in [0.4, 0.5) is 0 Å². The van der Waals surface area contributed by atoms with Gasteiger partial charge in [-0.2, -0.15) is 0 Å². The lowest BCUT2D eigenvalue weighted by Gasteiger charge is -2.26. The molecular formula is C14H19NO3. The molecule has 1 aromatic rings. The molecule has 18 heavy (non-hydrogen) atoms. The fourth-order valence-electron chi connectivity index (χ4n) is 1.83. The largest absolute Gasteiger partial charge is 0.486 e. The van der Waals surface area contributed by atoms with Crippen molar-refractivity contribution < 1.29 is 14.3 Å². The van der Waals surface area contributed by atoms with Gasteiger partial charge in [0, 0.05) is 6.42 Å². The Hall–Kier alpha value is -1.71. The van der Waals surface area contributed by atoms with Gasteiger partial charge in [-0.15, -0.1) is 0 Å². The van der Waals surface area contributed by atoms with E-state index in [0.717, 1.165) is 11.5 Å². The Labute approximate surface area is 107 Å². The number of para-hydroxylation sites is 2. The molecule has 4 nitrogen and oxygen atoms in total. The Morgan fingerprint density at radius 2 is 2.11 bits per heavy atom. The predicted molar refractivity (Wildman–Crippen MR) is 68.8 cm³/mol. The zero-order chi connectivity index (χ0) is 13.0. The topological polar surface area (TPSA) is 47.6 Å². The summed E-state index contributed by atoms with van der Waals surface area (Å²) < 4.78 is 11.3. The summed E-state index contributed by atoms with van der Waals surface area (Å²) in [5.74, 6) is 1.94. The predicted octanol–water partition coefficient (Wildman–Crippen LogP) is 1.99. The first-order chi connectivity index (χ1) is 8.65. The van der Waals surface area contributed by atoms with Crippen molar-refractivity contribution in [3.8, 4) is 11.5 Å². The van der Waals surface area contributed by atoms with Crippen LogP contribution in [0.3, 0.4) is 0 Å². The van der Waals surface area contributed by atoms with Crippen LogP contribution in [0, 0.1) is 5.92 Å². The van der Waals surface area contributed by atoms with Crippen LogP contribution in [0.1, 0.15) is 20.3 Å². The minimum absolute atomic E-state index is 0.0625. The molecule has 1 aliphatic heterocycles. The number of hydrogen-bond donors (Lipinski definition) is 1. The van der Waals surface area contributed by atoms with Crippen molar-refractivity contribution in [1.29, 1.82) is 0 Å². The number of amides is 1. The summed E-state index contributed by atoms with van der Waals surface area (Å²) in [4.78, 5) is 11.5. The van der Waals surface area contributed by atoms with Gasteiger partial charge in [-0.05, 0) is 18.1 Å². The lowest BCUT2D eigenvalue weighted by molar-refractivity contribution is -0.122. The third-order valence-electron chi connectivity index (χ3n) is 2.69. The molecule has 0 aliphatic carbocycles. The first-order valence-electron chi connectivity index (χ1n) is 6.30. The number of benzene rings is 1. The van der Waals surface area contributed by atoms with E-state index in [1.165, 1.54) is 0 Å². The Morgan fingerprint density at radius 3 is 2.83 bits per heavy atom. The summed E-state index contributed by atoms with van der Waals surface area (Å²) >= 11 is 0. The van der Waals surface area contributed by atoms with Gasteiger partial charge in [0.25, 0.3) is 0 Å². The zero-order valence-corrected chi connectivity index (χ0v) is 10.8. The van der Waals surface area contributed by atoms with Gasteiger partial charge in [-0.25, -0.2) is 0 Å². The van der Waals surface area contributed by atoms with Gasteiger partial charge < -0.3 is 14.8 Å². The number of ether oxygens (including phenoxy) is 2. The molecule has 1 heterocycles. The van der Waals surface area contributed by atoms with Crippen LogP contribution in [0.15, 0.2) is 24.3 Å². The minimum atomic E-state index is -0.115. The highest BCUT2D eigenvalue weighted by Gasteiger charge is 2.20. The molecule has 1 N–H and O–H groups in total. The maximum atomic E-state index is 11.5. The first kappa shape index (κ1) is 12.7. The molecule has 0 spiro atoms. The minimum Gasteiger partial charge on any atom is -0.486 e. The second-order valence-electron chi connectivity index (χ2n) is 4.90. The van der Waals surface area contributed by atoms with E-state index in [-0.39, 0.29) is 12.0 Å². The second kappa shape index (κ2) is 5.76. The number of fused-ring (bicyclic) bond motifs is 1. The van der Waals surface area contributed by atoms with Crippen molar-refractivity contribution >= 4 is 5.91 Å². The molecular weight excluding hydrogens is 230 g/mol. The lowest BCUT2D eigenvalue weighted by atomic mass is 10.1. The molecule has 0 radical (unpaired) electrons. The lowest BCUT2D eigenvalue weighted by Crippen LogP contribution is -2.40. The smallest absolute Gasteiger partial charge is 0.220 e. The number of nitrogens with one attached hydrogen (secondary N) is 1. The maximum absolute atomic E-state index is 11.5. The van der Waals surface area contributed by atoms with Crippen molar-refractivity contribution in [1.82, 2.24) is 5.32 Å². The molecule has 0 saturated heterocycles. The van der Waals surface area contributed by atoms with Crippen molar-refractivity contribution in [2.24, 2.45) is 5.92 Å². The molecule has 98 valence electrons. The van der Waals surface area contributed by atoms with Gasteiger partial charge in [0.2, 0.25) is 5.91 Å². The fourth-order valence-corrected chi connectivity index (χ4v) is 1.83. The highest BCUT2D eigenvalue weighted by molar-refractivity contribution is 5.76. The Bertz CT molecular complexity index is 417. The van der Waals surface area contributed by atoms with Crippen molar-refractivity contribution in [3.05, 3.63) is 24.3 Å². The standard InChI is InChI=1S/C14H19NO3/c1-10(2)7-14(16)15-8-11-9-17-12-5-3-4-6-13(12)18-11/h3-6,10-11H,7-9H2,1-2H3,(H,15,16). The molecule has 2 rings (SSSR count). The van der Waals surface area contributed by atoms with Gasteiger partial charge in [0.15, 0.2) is 11.5 Å². The molecule has 0 aromatic heterocycles. The van der Waals surface area contributed by atoms with Crippen LogP contribution in [0.5, 0.6) is 11.5 Å². The van der Waals surface area contributed by atoms with Crippen LogP contribution in [0.25, 0.3) is 0 Å². The van der Waals surface area contributed by atoms with Crippen molar-refractivity contribution in [3.63, 3.8) is 0 Å². The number of rotatable bonds is 4. The number of hydrogen-bond acceptors (Lipinski definition) is 3.